The van der Waals surface area contributed by atoms with Crippen LogP contribution in [0.25, 0.3) is 0 Å². The maximum Gasteiger partial charge on any atom is 0.407 e. The van der Waals surface area contributed by atoms with Gasteiger partial charge in [-0.1, -0.05) is 26.8 Å². The van der Waals surface area contributed by atoms with Gasteiger partial charge in [0.1, 0.15) is 6.04 Å². The van der Waals surface area contributed by atoms with Gasteiger partial charge in [-0.15, -0.1) is 0 Å². The van der Waals surface area contributed by atoms with Gasteiger partial charge >= 0.3 is 12.1 Å². The van der Waals surface area contributed by atoms with Crippen molar-refractivity contribution >= 4 is 23.3 Å². The topological polar surface area (TPSA) is 105 Å². The molecule has 0 spiro atoms. The van der Waals surface area contributed by atoms with Gasteiger partial charge in [-0.05, 0) is 68.4 Å². The minimum absolute atomic E-state index is 0.0196. The molecule has 3 atom stereocenters. The van der Waals surface area contributed by atoms with Crippen molar-refractivity contribution < 1.29 is 32.2 Å². The van der Waals surface area contributed by atoms with Crippen LogP contribution in [0.2, 0.25) is 0 Å². The number of carbonyl (C=O) groups is 2. The Morgan fingerprint density at radius 1 is 1.07 bits per heavy atom. The highest BCUT2D eigenvalue weighted by Crippen LogP contribution is 2.34. The SMILES string of the molecule is CCOC(=O)C1CCN(c2ccc(NC[C@H](CC)NC(=O)[C@H](CC(C)C)N[C@@H](c3ccc(OC)nc3)C(F)(F)F)cc2)CC1. The number of rotatable bonds is 15. The van der Waals surface area contributed by atoms with Crippen molar-refractivity contribution in [3.63, 3.8) is 0 Å². The number of hydrogen-bond acceptors (Lipinski definition) is 8. The molecule has 1 aromatic carbocycles. The van der Waals surface area contributed by atoms with Gasteiger partial charge in [-0.2, -0.15) is 13.2 Å². The minimum atomic E-state index is -4.64. The lowest BCUT2D eigenvalue weighted by molar-refractivity contribution is -0.161. The van der Waals surface area contributed by atoms with Crippen LogP contribution in [0, 0.1) is 11.8 Å². The maximum atomic E-state index is 14.1. The summed E-state index contributed by atoms with van der Waals surface area (Å²) in [6.45, 7) is 9.82. The van der Waals surface area contributed by atoms with Crippen molar-refractivity contribution in [1.82, 2.24) is 15.6 Å². The monoisotopic (exact) mass is 621 g/mol. The molecule has 0 aliphatic carbocycles. The second kappa shape index (κ2) is 16.5. The van der Waals surface area contributed by atoms with E-state index in [1.54, 1.807) is 0 Å². The van der Waals surface area contributed by atoms with E-state index < -0.39 is 24.2 Å². The van der Waals surface area contributed by atoms with Gasteiger partial charge in [-0.25, -0.2) is 4.98 Å². The lowest BCUT2D eigenvalue weighted by atomic mass is 9.96. The van der Waals surface area contributed by atoms with E-state index in [2.05, 4.69) is 25.8 Å². The van der Waals surface area contributed by atoms with E-state index >= 15 is 0 Å². The molecule has 1 fully saturated rings. The average molecular weight is 622 g/mol. The van der Waals surface area contributed by atoms with Gasteiger partial charge in [0, 0.05) is 49.3 Å². The number of methoxy groups -OCH3 is 1. The van der Waals surface area contributed by atoms with Crippen molar-refractivity contribution in [2.45, 2.75) is 77.7 Å². The Bertz CT molecular complexity index is 1170. The Morgan fingerprint density at radius 2 is 1.75 bits per heavy atom. The van der Waals surface area contributed by atoms with E-state index in [0.717, 1.165) is 43.5 Å². The standard InChI is InChI=1S/C32H46F3N5O4/c1-6-24(20-36-25-9-11-26(12-10-25)40-16-14-22(15-17-40)31(42)44-7-2)38-30(41)27(18-21(3)4)39-29(32(33,34)35)23-8-13-28(43-5)37-19-23/h8-13,19,21-22,24,27,29,36,39H,6-7,14-18,20H2,1-5H3,(H,38,41)/t24-,27-,29-/m0/s1. The van der Waals surface area contributed by atoms with Crippen LogP contribution in [0.4, 0.5) is 24.5 Å². The molecular formula is C32H46F3N5O4. The van der Waals surface area contributed by atoms with E-state index in [9.17, 15) is 22.8 Å². The Balaban J connectivity index is 1.59. The first-order valence-electron chi connectivity index (χ1n) is 15.3. The molecule has 44 heavy (non-hydrogen) atoms. The summed E-state index contributed by atoms with van der Waals surface area (Å²) >= 11 is 0. The predicted molar refractivity (Wildman–Crippen MR) is 165 cm³/mol. The van der Waals surface area contributed by atoms with E-state index in [-0.39, 0.29) is 41.7 Å². The zero-order valence-corrected chi connectivity index (χ0v) is 26.2. The van der Waals surface area contributed by atoms with Gasteiger partial charge in [-0.3, -0.25) is 14.9 Å². The number of halogens is 3. The van der Waals surface area contributed by atoms with Crippen LogP contribution in [0.3, 0.4) is 0 Å². The third-order valence-corrected chi connectivity index (χ3v) is 7.76. The van der Waals surface area contributed by atoms with Crippen LogP contribution in [-0.2, 0) is 14.3 Å². The molecule has 1 amide bonds. The number of hydrogen-bond donors (Lipinski definition) is 3. The fraction of sp³-hybridized carbons (Fsp3) is 0.594. The first-order chi connectivity index (χ1) is 20.9. The molecule has 12 heteroatoms. The number of anilines is 2. The molecule has 3 N–H and O–H groups in total. The second-order valence-electron chi connectivity index (χ2n) is 11.5. The lowest BCUT2D eigenvalue weighted by Gasteiger charge is -2.32. The molecule has 2 aromatic rings. The molecule has 244 valence electrons. The highest BCUT2D eigenvalue weighted by molar-refractivity contribution is 5.82. The summed E-state index contributed by atoms with van der Waals surface area (Å²) in [7, 11) is 1.39. The molecule has 1 saturated heterocycles. The van der Waals surface area contributed by atoms with Crippen LogP contribution in [0.15, 0.2) is 42.6 Å². The average Bonchev–Trinajstić information content (AvgIpc) is 3.01. The number of nitrogens with one attached hydrogen (secondary N) is 3. The van der Waals surface area contributed by atoms with Crippen LogP contribution in [-0.4, -0.2) is 68.5 Å². The molecule has 2 heterocycles. The van der Waals surface area contributed by atoms with E-state index in [0.29, 0.717) is 19.6 Å². The molecule has 0 unspecified atom stereocenters. The van der Waals surface area contributed by atoms with Crippen LogP contribution < -0.4 is 25.6 Å². The fourth-order valence-corrected chi connectivity index (χ4v) is 5.25. The second-order valence-corrected chi connectivity index (χ2v) is 11.5. The summed E-state index contributed by atoms with van der Waals surface area (Å²) in [6.07, 6.45) is -1.20. The van der Waals surface area contributed by atoms with Crippen molar-refractivity contribution in [3.05, 3.63) is 48.2 Å². The zero-order chi connectivity index (χ0) is 32.3. The quantitative estimate of drug-likeness (QED) is 0.225. The number of aromatic nitrogens is 1. The van der Waals surface area contributed by atoms with Crippen LogP contribution in [0.1, 0.15) is 65.0 Å². The number of pyridine rings is 1. The molecule has 3 rings (SSSR count). The maximum absolute atomic E-state index is 14.1. The van der Waals surface area contributed by atoms with E-state index in [1.165, 1.54) is 19.2 Å². The molecule has 1 aliphatic heterocycles. The van der Waals surface area contributed by atoms with Gasteiger partial charge in [0.05, 0.1) is 25.7 Å². The minimum Gasteiger partial charge on any atom is -0.481 e. The summed E-state index contributed by atoms with van der Waals surface area (Å²) in [5, 5.41) is 8.84. The normalized spacial score (nSPS) is 16.2. The number of ether oxygens (including phenoxy) is 2. The number of amides is 1. The molecule has 0 radical (unpaired) electrons. The fourth-order valence-electron chi connectivity index (χ4n) is 5.25. The van der Waals surface area contributed by atoms with Gasteiger partial charge < -0.3 is 25.0 Å². The van der Waals surface area contributed by atoms with Crippen molar-refractivity contribution in [1.29, 1.82) is 0 Å². The Labute approximate surface area is 258 Å². The van der Waals surface area contributed by atoms with Gasteiger partial charge in [0.25, 0.3) is 0 Å². The Morgan fingerprint density at radius 3 is 2.27 bits per heavy atom. The third kappa shape index (κ3) is 10.3. The smallest absolute Gasteiger partial charge is 0.407 e. The first-order valence-corrected chi connectivity index (χ1v) is 15.3. The largest absolute Gasteiger partial charge is 0.481 e. The van der Waals surface area contributed by atoms with Crippen LogP contribution >= 0.6 is 0 Å². The molecule has 0 bridgehead atoms. The summed E-state index contributed by atoms with van der Waals surface area (Å²) in [5.41, 5.74) is 1.83. The third-order valence-electron chi connectivity index (χ3n) is 7.76. The number of benzene rings is 1. The highest BCUT2D eigenvalue weighted by Gasteiger charge is 2.43. The Hall–Kier alpha value is -3.54. The lowest BCUT2D eigenvalue weighted by Crippen LogP contribution is -2.52. The molecule has 9 nitrogen and oxygen atoms in total. The van der Waals surface area contributed by atoms with Gasteiger partial charge in [0.2, 0.25) is 11.8 Å². The number of nitrogens with zero attached hydrogens (tertiary/aromatic N) is 2. The molecule has 0 saturated carbocycles. The zero-order valence-electron chi connectivity index (χ0n) is 26.2. The number of carbonyl (C=O) groups excluding carboxylic acids is 2. The van der Waals surface area contributed by atoms with Crippen LogP contribution in [0.5, 0.6) is 5.88 Å². The molecule has 1 aromatic heterocycles. The van der Waals surface area contributed by atoms with Gasteiger partial charge in [0.15, 0.2) is 0 Å². The van der Waals surface area contributed by atoms with E-state index in [4.69, 9.17) is 9.47 Å². The van der Waals surface area contributed by atoms with Crippen molar-refractivity contribution in [3.8, 4) is 5.88 Å². The predicted octanol–water partition coefficient (Wildman–Crippen LogP) is 5.48. The molecule has 1 aliphatic rings. The summed E-state index contributed by atoms with van der Waals surface area (Å²) in [6, 6.07) is 7.19. The Kier molecular flexibility index (Phi) is 13.1. The summed E-state index contributed by atoms with van der Waals surface area (Å²) in [5.74, 6) is -0.471. The number of piperidine rings is 1. The summed E-state index contributed by atoms with van der Waals surface area (Å²) in [4.78, 5) is 31.5. The van der Waals surface area contributed by atoms with Crippen molar-refractivity contribution in [2.75, 3.05) is 43.6 Å². The first kappa shape index (κ1) is 34.9. The number of esters is 1. The summed E-state index contributed by atoms with van der Waals surface area (Å²) < 4.78 is 52.5. The van der Waals surface area contributed by atoms with E-state index in [1.807, 2.05) is 52.0 Å². The number of alkyl halides is 3. The molecular weight excluding hydrogens is 575 g/mol. The highest BCUT2D eigenvalue weighted by atomic mass is 19.4. The van der Waals surface area contributed by atoms with Crippen molar-refractivity contribution in [2.24, 2.45) is 11.8 Å².